The Balaban J connectivity index is 0. The van der Waals surface area contributed by atoms with Crippen molar-refractivity contribution in [3.8, 4) is 0 Å². The van der Waals surface area contributed by atoms with Crippen molar-refractivity contribution in [1.82, 2.24) is 4.90 Å². The standard InChI is InChI=1S/C7H16NO.K/c1-7(2)6-8(3)4-5-9;/h7,9H,3-6H2,1-2H3;/q-1;+1. The molecule has 0 bridgehead atoms. The van der Waals surface area contributed by atoms with Crippen LogP contribution < -0.4 is 51.4 Å². The van der Waals surface area contributed by atoms with Gasteiger partial charge in [0.1, 0.15) is 0 Å². The van der Waals surface area contributed by atoms with E-state index in [1.165, 1.54) is 0 Å². The zero-order valence-electron chi connectivity index (χ0n) is 7.30. The summed E-state index contributed by atoms with van der Waals surface area (Å²) >= 11 is 0. The molecule has 0 saturated heterocycles. The Morgan fingerprint density at radius 2 is 2.00 bits per heavy atom. The minimum Gasteiger partial charge on any atom is -0.457 e. The summed E-state index contributed by atoms with van der Waals surface area (Å²) in [5.74, 6) is 0.633. The molecule has 0 aromatic carbocycles. The summed E-state index contributed by atoms with van der Waals surface area (Å²) in [7, 11) is 3.74. The molecule has 0 spiro atoms. The van der Waals surface area contributed by atoms with Crippen LogP contribution in [0, 0.1) is 13.0 Å². The Morgan fingerprint density at radius 3 is 2.30 bits per heavy atom. The van der Waals surface area contributed by atoms with Crippen molar-refractivity contribution >= 4 is 0 Å². The van der Waals surface area contributed by atoms with Crippen LogP contribution in [-0.2, 0) is 0 Å². The quantitative estimate of drug-likeness (QED) is 0.379. The van der Waals surface area contributed by atoms with Gasteiger partial charge in [0.25, 0.3) is 0 Å². The maximum atomic E-state index is 8.47. The van der Waals surface area contributed by atoms with Crippen molar-refractivity contribution in [2.75, 3.05) is 19.7 Å². The molecule has 2 nitrogen and oxygen atoms in total. The van der Waals surface area contributed by atoms with Crippen LogP contribution in [-0.4, -0.2) is 29.7 Å². The molecule has 3 heteroatoms. The van der Waals surface area contributed by atoms with Crippen LogP contribution >= 0.6 is 0 Å². The van der Waals surface area contributed by atoms with Gasteiger partial charge >= 0.3 is 51.4 Å². The minimum atomic E-state index is 0. The number of rotatable bonds is 4. The van der Waals surface area contributed by atoms with Gasteiger partial charge in [-0.1, -0.05) is 13.8 Å². The monoisotopic (exact) mass is 169 g/mol. The molecule has 0 aliphatic heterocycles. The van der Waals surface area contributed by atoms with Crippen molar-refractivity contribution in [1.29, 1.82) is 0 Å². The van der Waals surface area contributed by atoms with E-state index in [9.17, 15) is 0 Å². The Labute approximate surface area is 106 Å². The first-order valence-corrected chi connectivity index (χ1v) is 3.33. The molecular weight excluding hydrogens is 153 g/mol. The van der Waals surface area contributed by atoms with E-state index in [1.54, 1.807) is 0 Å². The summed E-state index contributed by atoms with van der Waals surface area (Å²) in [6.07, 6.45) is 0. The SMILES string of the molecule is [CH2-]N(CCO)CC(C)C.[K+]. The van der Waals surface area contributed by atoms with Crippen molar-refractivity contribution in [2.45, 2.75) is 13.8 Å². The van der Waals surface area contributed by atoms with E-state index in [1.807, 2.05) is 4.90 Å². The molecular formula is C7H16KNO. The van der Waals surface area contributed by atoms with Crippen LogP contribution in [0.2, 0.25) is 0 Å². The fourth-order valence-electron chi connectivity index (χ4n) is 0.749. The molecule has 56 valence electrons. The molecule has 10 heavy (non-hydrogen) atoms. The number of nitrogens with zero attached hydrogens (tertiary/aromatic N) is 1. The average Bonchev–Trinajstić information content (AvgIpc) is 1.63. The zero-order valence-corrected chi connectivity index (χ0v) is 10.4. The molecule has 0 aromatic rings. The van der Waals surface area contributed by atoms with E-state index < -0.39 is 0 Å². The number of hydrogen-bond acceptors (Lipinski definition) is 2. The molecule has 1 N–H and O–H groups in total. The van der Waals surface area contributed by atoms with Crippen LogP contribution in [0.5, 0.6) is 0 Å². The summed E-state index contributed by atoms with van der Waals surface area (Å²) < 4.78 is 0. The van der Waals surface area contributed by atoms with E-state index in [0.29, 0.717) is 12.5 Å². The Morgan fingerprint density at radius 1 is 1.50 bits per heavy atom. The maximum Gasteiger partial charge on any atom is 1.00 e. The molecule has 0 unspecified atom stereocenters. The summed E-state index contributed by atoms with van der Waals surface area (Å²) in [5, 5.41) is 8.47. The molecule has 0 aliphatic rings. The van der Waals surface area contributed by atoms with Gasteiger partial charge in [-0.05, 0) is 19.0 Å². The fourth-order valence-corrected chi connectivity index (χ4v) is 0.749. The normalized spacial score (nSPS) is 10.2. The van der Waals surface area contributed by atoms with E-state index >= 15 is 0 Å². The molecule has 0 radical (unpaired) electrons. The molecule has 0 saturated carbocycles. The Bertz CT molecular complexity index is 68.6. The summed E-state index contributed by atoms with van der Waals surface area (Å²) in [6, 6.07) is 0. The van der Waals surface area contributed by atoms with E-state index in [2.05, 4.69) is 20.9 Å². The van der Waals surface area contributed by atoms with Gasteiger partial charge in [0.05, 0.1) is 6.61 Å². The van der Waals surface area contributed by atoms with Gasteiger partial charge in [-0.15, -0.1) is 0 Å². The second kappa shape index (κ2) is 8.65. The van der Waals surface area contributed by atoms with Gasteiger partial charge in [-0.3, -0.25) is 7.05 Å². The second-order valence-electron chi connectivity index (χ2n) is 2.69. The van der Waals surface area contributed by atoms with Crippen molar-refractivity contribution in [3.63, 3.8) is 0 Å². The molecule has 0 amide bonds. The smallest absolute Gasteiger partial charge is 0.457 e. The van der Waals surface area contributed by atoms with Crippen molar-refractivity contribution in [3.05, 3.63) is 7.05 Å². The van der Waals surface area contributed by atoms with E-state index in [0.717, 1.165) is 6.54 Å². The molecule has 0 rings (SSSR count). The second-order valence-corrected chi connectivity index (χ2v) is 2.69. The van der Waals surface area contributed by atoms with Crippen LogP contribution in [0.15, 0.2) is 0 Å². The third-order valence-electron chi connectivity index (χ3n) is 1.04. The predicted molar refractivity (Wildman–Crippen MR) is 38.9 cm³/mol. The topological polar surface area (TPSA) is 23.5 Å². The first-order valence-electron chi connectivity index (χ1n) is 3.33. The van der Waals surface area contributed by atoms with Gasteiger partial charge in [0.2, 0.25) is 0 Å². The van der Waals surface area contributed by atoms with Gasteiger partial charge in [0.15, 0.2) is 0 Å². The zero-order chi connectivity index (χ0) is 7.28. The van der Waals surface area contributed by atoms with Crippen LogP contribution in [0.3, 0.4) is 0 Å². The third kappa shape index (κ3) is 9.56. The maximum absolute atomic E-state index is 8.47. The van der Waals surface area contributed by atoms with Gasteiger partial charge in [-0.25, -0.2) is 0 Å². The molecule has 0 heterocycles. The Hall–Kier alpha value is 1.56. The summed E-state index contributed by atoms with van der Waals surface area (Å²) in [5.41, 5.74) is 0. The number of aliphatic hydroxyl groups excluding tert-OH is 1. The Kier molecular flexibility index (Phi) is 12.2. The first-order chi connectivity index (χ1) is 4.16. The molecule has 0 fully saturated rings. The van der Waals surface area contributed by atoms with Crippen LogP contribution in [0.1, 0.15) is 13.8 Å². The van der Waals surface area contributed by atoms with Crippen LogP contribution in [0.25, 0.3) is 0 Å². The average molecular weight is 169 g/mol. The minimum absolute atomic E-state index is 0. The largest absolute Gasteiger partial charge is 1.00 e. The third-order valence-corrected chi connectivity index (χ3v) is 1.04. The fraction of sp³-hybridized carbons (Fsp3) is 0.857. The number of aliphatic hydroxyl groups is 1. The van der Waals surface area contributed by atoms with Gasteiger partial charge < -0.3 is 10.0 Å². The first kappa shape index (κ1) is 14.1. The predicted octanol–water partition coefficient (Wildman–Crippen LogP) is -2.27. The van der Waals surface area contributed by atoms with Crippen molar-refractivity contribution in [2.24, 2.45) is 5.92 Å². The van der Waals surface area contributed by atoms with Crippen LogP contribution in [0.4, 0.5) is 0 Å². The number of hydrogen-bond donors (Lipinski definition) is 1. The van der Waals surface area contributed by atoms with E-state index in [-0.39, 0.29) is 58.0 Å². The van der Waals surface area contributed by atoms with Crippen molar-refractivity contribution < 1.29 is 56.5 Å². The molecule has 0 atom stereocenters. The van der Waals surface area contributed by atoms with Gasteiger partial charge in [0, 0.05) is 0 Å². The molecule has 0 aromatic heterocycles. The molecule has 0 aliphatic carbocycles. The van der Waals surface area contributed by atoms with E-state index in [4.69, 9.17) is 5.11 Å². The van der Waals surface area contributed by atoms with Gasteiger partial charge in [-0.2, -0.15) is 0 Å². The summed E-state index contributed by atoms with van der Waals surface area (Å²) in [6.45, 7) is 6.11. The summed E-state index contributed by atoms with van der Waals surface area (Å²) in [4.78, 5) is 1.88.